The van der Waals surface area contributed by atoms with Gasteiger partial charge in [-0.15, -0.1) is 0 Å². The number of amides is 1. The number of aromatic nitrogens is 2. The van der Waals surface area contributed by atoms with Gasteiger partial charge in [-0.1, -0.05) is 60.7 Å². The largest absolute Gasteiger partial charge is 0.278 e. The lowest BCUT2D eigenvalue weighted by atomic mass is 10.2. The molecule has 1 amide bonds. The second-order valence-corrected chi connectivity index (χ2v) is 12.2. The smallest absolute Gasteiger partial charge is 0.260 e. The zero-order valence-electron chi connectivity index (χ0n) is 21.7. The number of fused-ring (bicyclic) bond motifs is 1. The average Bonchev–Trinajstić information content (AvgIpc) is 3.39. The fraction of sp³-hybridized carbons (Fsp3) is 0.167. The molecule has 3 aromatic carbocycles. The van der Waals surface area contributed by atoms with Crippen LogP contribution in [0.5, 0.6) is 0 Å². The van der Waals surface area contributed by atoms with E-state index in [0.717, 1.165) is 27.9 Å². The summed E-state index contributed by atoms with van der Waals surface area (Å²) >= 11 is 1.45. The topological polar surface area (TPSA) is 83.5 Å². The summed E-state index contributed by atoms with van der Waals surface area (Å²) in [4.78, 5) is 24.7. The van der Waals surface area contributed by atoms with Crippen LogP contribution in [-0.4, -0.2) is 35.6 Å². The van der Waals surface area contributed by atoms with Gasteiger partial charge < -0.3 is 0 Å². The van der Waals surface area contributed by atoms with Crippen LogP contribution in [0.4, 0.5) is 5.13 Å². The lowest BCUT2D eigenvalue weighted by Crippen LogP contribution is -2.31. The number of carbonyl (C=O) groups is 1. The molecule has 2 aromatic heterocycles. The summed E-state index contributed by atoms with van der Waals surface area (Å²) in [5.74, 6) is -0.281. The molecular formula is C30H28N4O3S2. The molecule has 0 aliphatic heterocycles. The average molecular weight is 557 g/mol. The van der Waals surface area contributed by atoms with Crippen LogP contribution in [-0.2, 0) is 29.5 Å². The number of hydrogen-bond acceptors (Lipinski definition) is 6. The van der Waals surface area contributed by atoms with Gasteiger partial charge in [0.25, 0.3) is 5.91 Å². The van der Waals surface area contributed by atoms with E-state index >= 15 is 0 Å². The van der Waals surface area contributed by atoms with E-state index in [9.17, 15) is 13.2 Å². The normalized spacial score (nSPS) is 11.7. The van der Waals surface area contributed by atoms with Crippen LogP contribution in [0.15, 0.2) is 102 Å². The van der Waals surface area contributed by atoms with Crippen LogP contribution in [0, 0.1) is 0 Å². The number of sulfonamides is 1. The van der Waals surface area contributed by atoms with Crippen molar-refractivity contribution in [3.63, 3.8) is 0 Å². The van der Waals surface area contributed by atoms with Crippen molar-refractivity contribution in [1.29, 1.82) is 0 Å². The number of benzene rings is 3. The Kier molecular flexibility index (Phi) is 7.83. The second kappa shape index (κ2) is 11.4. The number of anilines is 1. The number of pyridine rings is 1. The minimum absolute atomic E-state index is 0.126. The van der Waals surface area contributed by atoms with Gasteiger partial charge in [0, 0.05) is 25.4 Å². The number of hydrogen-bond donors (Lipinski definition) is 0. The van der Waals surface area contributed by atoms with Crippen LogP contribution in [0.3, 0.4) is 0 Å². The van der Waals surface area contributed by atoms with Gasteiger partial charge in [-0.05, 0) is 66.1 Å². The number of carbonyl (C=O) groups excluding carboxylic acids is 1. The predicted octanol–water partition coefficient (Wildman–Crippen LogP) is 5.92. The first kappa shape index (κ1) is 26.7. The van der Waals surface area contributed by atoms with Crippen molar-refractivity contribution in [3.05, 3.63) is 120 Å². The molecule has 2 heterocycles. The van der Waals surface area contributed by atoms with Crippen molar-refractivity contribution in [3.8, 4) is 0 Å². The highest BCUT2D eigenvalue weighted by Crippen LogP contribution is 2.32. The van der Waals surface area contributed by atoms with Crippen molar-refractivity contribution in [2.75, 3.05) is 11.9 Å². The molecule has 0 unspecified atom stereocenters. The molecule has 0 fully saturated rings. The van der Waals surface area contributed by atoms with Gasteiger partial charge >= 0.3 is 0 Å². The Hall–Kier alpha value is -3.92. The minimum atomic E-state index is -3.74. The highest BCUT2D eigenvalue weighted by Gasteiger charge is 2.25. The summed E-state index contributed by atoms with van der Waals surface area (Å²) in [5.41, 5.74) is 4.01. The highest BCUT2D eigenvalue weighted by atomic mass is 32.2. The Bertz CT molecular complexity index is 1690. The molecular weight excluding hydrogens is 528 g/mol. The first-order valence-electron chi connectivity index (χ1n) is 12.6. The van der Waals surface area contributed by atoms with Crippen molar-refractivity contribution in [1.82, 2.24) is 14.3 Å². The molecule has 0 atom stereocenters. The minimum Gasteiger partial charge on any atom is -0.278 e. The van der Waals surface area contributed by atoms with Crippen LogP contribution in [0.1, 0.15) is 34.1 Å². The summed E-state index contributed by atoms with van der Waals surface area (Å²) in [7, 11) is -2.19. The number of aryl methyl sites for hydroxylation is 1. The van der Waals surface area contributed by atoms with E-state index in [1.807, 2.05) is 60.7 Å². The zero-order chi connectivity index (χ0) is 27.4. The van der Waals surface area contributed by atoms with Crippen molar-refractivity contribution < 1.29 is 13.2 Å². The van der Waals surface area contributed by atoms with Crippen LogP contribution < -0.4 is 4.90 Å². The summed E-state index contributed by atoms with van der Waals surface area (Å²) in [5, 5.41) is 0.563. The first-order valence-corrected chi connectivity index (χ1v) is 14.8. The van der Waals surface area contributed by atoms with E-state index in [1.54, 1.807) is 30.3 Å². The van der Waals surface area contributed by atoms with Crippen molar-refractivity contribution >= 4 is 42.6 Å². The molecule has 9 heteroatoms. The maximum absolute atomic E-state index is 13.8. The molecule has 198 valence electrons. The summed E-state index contributed by atoms with van der Waals surface area (Å²) in [6.07, 6.45) is 2.60. The molecule has 5 aromatic rings. The van der Waals surface area contributed by atoms with Crippen molar-refractivity contribution in [2.45, 2.75) is 31.3 Å². The molecule has 0 saturated heterocycles. The van der Waals surface area contributed by atoms with Gasteiger partial charge in [0.2, 0.25) is 10.0 Å². The fourth-order valence-corrected chi connectivity index (χ4v) is 6.39. The molecule has 39 heavy (non-hydrogen) atoms. The highest BCUT2D eigenvalue weighted by molar-refractivity contribution is 7.89. The Balaban J connectivity index is 1.43. The van der Waals surface area contributed by atoms with Gasteiger partial charge in [-0.2, -0.15) is 4.31 Å². The molecule has 7 nitrogen and oxygen atoms in total. The van der Waals surface area contributed by atoms with Gasteiger partial charge in [0.1, 0.15) is 0 Å². The third-order valence-electron chi connectivity index (χ3n) is 6.43. The Morgan fingerprint density at radius 3 is 2.31 bits per heavy atom. The molecule has 0 aliphatic rings. The van der Waals surface area contributed by atoms with Gasteiger partial charge in [0.15, 0.2) is 5.13 Å². The Morgan fingerprint density at radius 2 is 1.62 bits per heavy atom. The lowest BCUT2D eigenvalue weighted by molar-refractivity contribution is 0.0984. The molecule has 0 saturated carbocycles. The summed E-state index contributed by atoms with van der Waals surface area (Å²) < 4.78 is 28.7. The first-order chi connectivity index (χ1) is 18.8. The second-order valence-electron chi connectivity index (χ2n) is 9.14. The number of thiazole rings is 1. The maximum atomic E-state index is 13.8. The quantitative estimate of drug-likeness (QED) is 0.225. The van der Waals surface area contributed by atoms with Crippen LogP contribution >= 0.6 is 11.3 Å². The molecule has 5 rings (SSSR count). The SMILES string of the molecule is CCc1ccc2nc(N(Cc3ccccn3)C(=O)c3ccc(S(=O)(=O)N(C)Cc4ccccc4)cc3)sc2c1. The van der Waals surface area contributed by atoms with Gasteiger partial charge in [-0.3, -0.25) is 14.7 Å². The van der Waals surface area contributed by atoms with E-state index in [-0.39, 0.29) is 23.9 Å². The fourth-order valence-electron chi connectivity index (χ4n) is 4.20. The summed E-state index contributed by atoms with van der Waals surface area (Å²) in [6, 6.07) is 27.2. The maximum Gasteiger partial charge on any atom is 0.260 e. The third kappa shape index (κ3) is 5.90. The van der Waals surface area contributed by atoms with Crippen LogP contribution in [0.25, 0.3) is 10.2 Å². The predicted molar refractivity (Wildman–Crippen MR) is 155 cm³/mol. The Morgan fingerprint density at radius 1 is 0.872 bits per heavy atom. The molecule has 0 spiro atoms. The molecule has 0 N–H and O–H groups in total. The lowest BCUT2D eigenvalue weighted by Gasteiger charge is -2.20. The van der Waals surface area contributed by atoms with E-state index in [1.165, 1.54) is 33.3 Å². The molecule has 0 bridgehead atoms. The Labute approximate surface area is 232 Å². The number of rotatable bonds is 9. The van der Waals surface area contributed by atoms with E-state index < -0.39 is 10.0 Å². The molecule has 0 radical (unpaired) electrons. The van der Waals surface area contributed by atoms with E-state index in [4.69, 9.17) is 4.98 Å². The van der Waals surface area contributed by atoms with Crippen molar-refractivity contribution in [2.24, 2.45) is 0 Å². The third-order valence-corrected chi connectivity index (χ3v) is 9.29. The molecule has 0 aliphatic carbocycles. The van der Waals surface area contributed by atoms with Crippen LogP contribution in [0.2, 0.25) is 0 Å². The standard InChI is InChI=1S/C30H28N4O3S2/c1-3-22-12-17-27-28(19-22)38-30(32-27)34(21-25-11-7-8-18-31-25)29(35)24-13-15-26(16-14-24)39(36,37)33(2)20-23-9-5-4-6-10-23/h4-19H,3,20-21H2,1-2H3. The van der Waals surface area contributed by atoms with E-state index in [2.05, 4.69) is 18.0 Å². The number of nitrogens with zero attached hydrogens (tertiary/aromatic N) is 4. The monoisotopic (exact) mass is 556 g/mol. The van der Waals surface area contributed by atoms with Gasteiger partial charge in [-0.25, -0.2) is 13.4 Å². The summed E-state index contributed by atoms with van der Waals surface area (Å²) in [6.45, 7) is 2.59. The zero-order valence-corrected chi connectivity index (χ0v) is 23.3. The van der Waals surface area contributed by atoms with E-state index in [0.29, 0.717) is 10.7 Å². The van der Waals surface area contributed by atoms with Gasteiger partial charge in [0.05, 0.1) is 27.4 Å².